The molecule has 3 nitrogen and oxygen atoms in total. The van der Waals surface area contributed by atoms with E-state index in [0.29, 0.717) is 0 Å². The summed E-state index contributed by atoms with van der Waals surface area (Å²) in [4.78, 5) is 5.57. The molecule has 0 saturated carbocycles. The first-order valence-corrected chi connectivity index (χ1v) is 8.79. The SMILES string of the molecule is CCC(NC(c1ccco1)c1ccc(Cl)s1)c1nccs1. The van der Waals surface area contributed by atoms with E-state index in [0.717, 1.165) is 26.4 Å². The van der Waals surface area contributed by atoms with Crippen LogP contribution in [0.5, 0.6) is 0 Å². The fourth-order valence-corrected chi connectivity index (χ4v) is 4.13. The molecule has 2 atom stereocenters. The van der Waals surface area contributed by atoms with Crippen molar-refractivity contribution < 1.29 is 4.42 Å². The Morgan fingerprint density at radius 3 is 2.86 bits per heavy atom. The van der Waals surface area contributed by atoms with Crippen LogP contribution in [0.4, 0.5) is 0 Å². The maximum absolute atomic E-state index is 6.09. The van der Waals surface area contributed by atoms with Gasteiger partial charge in [-0.15, -0.1) is 22.7 Å². The highest BCUT2D eigenvalue weighted by atomic mass is 35.5. The van der Waals surface area contributed by atoms with Crippen LogP contribution >= 0.6 is 34.3 Å². The number of hydrogen-bond donors (Lipinski definition) is 1. The monoisotopic (exact) mass is 338 g/mol. The number of hydrogen-bond acceptors (Lipinski definition) is 5. The largest absolute Gasteiger partial charge is 0.467 e. The van der Waals surface area contributed by atoms with Gasteiger partial charge in [-0.25, -0.2) is 4.98 Å². The van der Waals surface area contributed by atoms with Gasteiger partial charge in [0, 0.05) is 16.5 Å². The van der Waals surface area contributed by atoms with Crippen LogP contribution in [0.25, 0.3) is 0 Å². The lowest BCUT2D eigenvalue weighted by atomic mass is 10.1. The standard InChI is InChI=1S/C15H15ClN2OS2/c1-2-10(15-17-7-9-20-15)18-14(11-4-3-8-19-11)12-5-6-13(16)21-12/h3-10,14,18H,2H2,1H3. The topological polar surface area (TPSA) is 38.1 Å². The van der Waals surface area contributed by atoms with Crippen molar-refractivity contribution in [1.29, 1.82) is 0 Å². The highest BCUT2D eigenvalue weighted by Gasteiger charge is 2.23. The summed E-state index contributed by atoms with van der Waals surface area (Å²) in [6, 6.07) is 8.04. The maximum Gasteiger partial charge on any atom is 0.126 e. The van der Waals surface area contributed by atoms with Crippen molar-refractivity contribution in [1.82, 2.24) is 10.3 Å². The summed E-state index contributed by atoms with van der Waals surface area (Å²) < 4.78 is 6.39. The Labute approximate surface area is 136 Å². The van der Waals surface area contributed by atoms with Crippen LogP contribution in [-0.2, 0) is 0 Å². The average molecular weight is 339 g/mol. The van der Waals surface area contributed by atoms with Crippen LogP contribution in [0, 0.1) is 0 Å². The molecule has 3 aromatic rings. The van der Waals surface area contributed by atoms with Gasteiger partial charge in [0.1, 0.15) is 16.8 Å². The van der Waals surface area contributed by atoms with E-state index in [1.165, 1.54) is 0 Å². The van der Waals surface area contributed by atoms with E-state index in [2.05, 4.69) is 17.2 Å². The van der Waals surface area contributed by atoms with Gasteiger partial charge in [0.25, 0.3) is 0 Å². The molecular weight excluding hydrogens is 324 g/mol. The number of nitrogens with zero attached hydrogens (tertiary/aromatic N) is 1. The zero-order valence-electron chi connectivity index (χ0n) is 11.5. The van der Waals surface area contributed by atoms with E-state index < -0.39 is 0 Å². The second-order valence-electron chi connectivity index (χ2n) is 4.59. The fourth-order valence-electron chi connectivity index (χ4n) is 2.21. The van der Waals surface area contributed by atoms with E-state index in [4.69, 9.17) is 16.0 Å². The fraction of sp³-hybridized carbons (Fsp3) is 0.267. The normalized spacial score (nSPS) is 14.2. The van der Waals surface area contributed by atoms with Gasteiger partial charge in [0.15, 0.2) is 0 Å². The van der Waals surface area contributed by atoms with Crippen LogP contribution in [0.3, 0.4) is 0 Å². The molecule has 0 saturated heterocycles. The molecule has 3 rings (SSSR count). The molecule has 0 aliphatic rings. The van der Waals surface area contributed by atoms with Gasteiger partial charge >= 0.3 is 0 Å². The van der Waals surface area contributed by atoms with E-state index in [9.17, 15) is 0 Å². The third-order valence-corrected chi connectivity index (χ3v) is 5.42. The van der Waals surface area contributed by atoms with Gasteiger partial charge in [0.2, 0.25) is 0 Å². The van der Waals surface area contributed by atoms with E-state index in [1.807, 2.05) is 35.8 Å². The van der Waals surface area contributed by atoms with Crippen molar-refractivity contribution in [3.05, 3.63) is 62.1 Å². The second-order valence-corrected chi connectivity index (χ2v) is 7.26. The third kappa shape index (κ3) is 3.37. The minimum atomic E-state index is -0.00801. The van der Waals surface area contributed by atoms with Gasteiger partial charge in [-0.2, -0.15) is 0 Å². The first-order chi connectivity index (χ1) is 10.3. The predicted octanol–water partition coefficient (Wildman–Crippen LogP) is 5.28. The first-order valence-electron chi connectivity index (χ1n) is 6.72. The van der Waals surface area contributed by atoms with Crippen LogP contribution in [0.2, 0.25) is 4.34 Å². The lowest BCUT2D eigenvalue weighted by Crippen LogP contribution is -2.26. The summed E-state index contributed by atoms with van der Waals surface area (Å²) in [6.07, 6.45) is 4.50. The summed E-state index contributed by atoms with van der Waals surface area (Å²) in [5.74, 6) is 0.892. The summed E-state index contributed by atoms with van der Waals surface area (Å²) in [5, 5.41) is 6.74. The van der Waals surface area contributed by atoms with Gasteiger partial charge in [-0.3, -0.25) is 5.32 Å². The highest BCUT2D eigenvalue weighted by Crippen LogP contribution is 2.34. The Kier molecular flexibility index (Phi) is 4.75. The summed E-state index contributed by atoms with van der Waals surface area (Å²) in [5.41, 5.74) is 0. The Balaban J connectivity index is 1.89. The van der Waals surface area contributed by atoms with Crippen molar-refractivity contribution in [3.8, 4) is 0 Å². The summed E-state index contributed by atoms with van der Waals surface area (Å²) in [6.45, 7) is 2.15. The molecule has 21 heavy (non-hydrogen) atoms. The molecule has 0 bridgehead atoms. The van der Waals surface area contributed by atoms with Crippen LogP contribution in [-0.4, -0.2) is 4.98 Å². The zero-order chi connectivity index (χ0) is 14.7. The van der Waals surface area contributed by atoms with Gasteiger partial charge < -0.3 is 4.42 Å². The Morgan fingerprint density at radius 2 is 2.29 bits per heavy atom. The minimum absolute atomic E-state index is 0.00801. The molecule has 0 aromatic carbocycles. The minimum Gasteiger partial charge on any atom is -0.467 e. The molecule has 0 aliphatic carbocycles. The third-order valence-electron chi connectivity index (χ3n) is 3.23. The summed E-state index contributed by atoms with van der Waals surface area (Å²) in [7, 11) is 0. The number of thiazole rings is 1. The second kappa shape index (κ2) is 6.75. The van der Waals surface area contributed by atoms with Crippen molar-refractivity contribution in [2.45, 2.75) is 25.4 Å². The number of nitrogens with one attached hydrogen (secondary N) is 1. The number of halogens is 1. The van der Waals surface area contributed by atoms with Crippen LogP contribution in [0.1, 0.15) is 41.1 Å². The molecule has 0 spiro atoms. The van der Waals surface area contributed by atoms with Gasteiger partial charge in [-0.1, -0.05) is 18.5 Å². The van der Waals surface area contributed by atoms with Crippen molar-refractivity contribution in [2.75, 3.05) is 0 Å². The quantitative estimate of drug-likeness (QED) is 0.664. The Hall–Kier alpha value is -1.14. The molecule has 6 heteroatoms. The van der Waals surface area contributed by atoms with Gasteiger partial charge in [0.05, 0.1) is 16.6 Å². The van der Waals surface area contributed by atoms with Gasteiger partial charge in [-0.05, 0) is 30.7 Å². The Bertz CT molecular complexity index is 664. The molecule has 3 aromatic heterocycles. The molecular formula is C15H15ClN2OS2. The van der Waals surface area contributed by atoms with Crippen molar-refractivity contribution in [2.24, 2.45) is 0 Å². The van der Waals surface area contributed by atoms with Crippen LogP contribution < -0.4 is 5.32 Å². The number of thiophene rings is 1. The highest BCUT2D eigenvalue weighted by molar-refractivity contribution is 7.16. The van der Waals surface area contributed by atoms with E-state index >= 15 is 0 Å². The van der Waals surface area contributed by atoms with E-state index in [1.54, 1.807) is 28.9 Å². The van der Waals surface area contributed by atoms with Crippen LogP contribution in [0.15, 0.2) is 46.5 Å². The average Bonchev–Trinajstić information content (AvgIpc) is 3.21. The summed E-state index contributed by atoms with van der Waals surface area (Å²) >= 11 is 9.32. The molecule has 1 N–H and O–H groups in total. The first kappa shape index (κ1) is 14.8. The molecule has 0 fully saturated rings. The number of rotatable bonds is 6. The van der Waals surface area contributed by atoms with Crippen molar-refractivity contribution >= 4 is 34.3 Å². The molecule has 0 aliphatic heterocycles. The molecule has 0 radical (unpaired) electrons. The van der Waals surface area contributed by atoms with E-state index in [-0.39, 0.29) is 12.1 Å². The Morgan fingerprint density at radius 1 is 1.38 bits per heavy atom. The molecule has 2 unspecified atom stereocenters. The van der Waals surface area contributed by atoms with Crippen molar-refractivity contribution in [3.63, 3.8) is 0 Å². The smallest absolute Gasteiger partial charge is 0.126 e. The predicted molar refractivity (Wildman–Crippen MR) is 88.2 cm³/mol. The number of furan rings is 1. The lowest BCUT2D eigenvalue weighted by molar-refractivity contribution is 0.405. The zero-order valence-corrected chi connectivity index (χ0v) is 13.8. The maximum atomic E-state index is 6.09. The number of aromatic nitrogens is 1. The molecule has 110 valence electrons. The molecule has 3 heterocycles. The molecule has 0 amide bonds. The lowest BCUT2D eigenvalue weighted by Gasteiger charge is -2.21.